The molecule has 0 atom stereocenters. The molecule has 0 amide bonds. The minimum Gasteiger partial charge on any atom is -0.465 e. The van der Waals surface area contributed by atoms with E-state index in [-0.39, 0.29) is 11.4 Å². The van der Waals surface area contributed by atoms with Crippen LogP contribution in [0.5, 0.6) is 0 Å². The zero-order valence-corrected chi connectivity index (χ0v) is 12.2. The second-order valence-electron chi connectivity index (χ2n) is 5.13. The standard InChI is InChI=1S/C14H21NO2S/c1-4-14(7-5-6-8-14)12-9(2)10(15)11(18-12)13(16)17-3/h4-8,15H2,1-3H3. The highest BCUT2D eigenvalue weighted by Crippen LogP contribution is 2.49. The van der Waals surface area contributed by atoms with Crippen molar-refractivity contribution >= 4 is 23.0 Å². The Kier molecular flexibility index (Phi) is 3.66. The molecule has 1 heterocycles. The van der Waals surface area contributed by atoms with Crippen molar-refractivity contribution < 1.29 is 9.53 Å². The minimum absolute atomic E-state index is 0.245. The first-order chi connectivity index (χ1) is 8.55. The first kappa shape index (κ1) is 13.4. The van der Waals surface area contributed by atoms with Crippen LogP contribution in [0.25, 0.3) is 0 Å². The van der Waals surface area contributed by atoms with Crippen LogP contribution in [0.15, 0.2) is 0 Å². The Labute approximate surface area is 112 Å². The smallest absolute Gasteiger partial charge is 0.350 e. The largest absolute Gasteiger partial charge is 0.465 e. The number of carbonyl (C=O) groups excluding carboxylic acids is 1. The molecule has 1 aromatic heterocycles. The molecule has 0 saturated heterocycles. The molecule has 3 nitrogen and oxygen atoms in total. The van der Waals surface area contributed by atoms with Crippen molar-refractivity contribution in [1.29, 1.82) is 0 Å². The van der Waals surface area contributed by atoms with Crippen molar-refractivity contribution in [2.75, 3.05) is 12.8 Å². The number of esters is 1. The van der Waals surface area contributed by atoms with Gasteiger partial charge in [0.25, 0.3) is 0 Å². The Morgan fingerprint density at radius 2 is 2.06 bits per heavy atom. The maximum atomic E-state index is 11.7. The maximum Gasteiger partial charge on any atom is 0.350 e. The molecule has 0 unspecified atom stereocenters. The number of rotatable bonds is 3. The quantitative estimate of drug-likeness (QED) is 0.850. The third-order valence-corrected chi connectivity index (χ3v) is 5.82. The summed E-state index contributed by atoms with van der Waals surface area (Å²) < 4.78 is 4.81. The molecular formula is C14H21NO2S. The maximum absolute atomic E-state index is 11.7. The number of ether oxygens (including phenoxy) is 1. The van der Waals surface area contributed by atoms with E-state index in [0.29, 0.717) is 10.6 Å². The molecule has 1 saturated carbocycles. The van der Waals surface area contributed by atoms with E-state index in [1.807, 2.05) is 6.92 Å². The summed E-state index contributed by atoms with van der Waals surface area (Å²) in [5.41, 5.74) is 8.02. The number of nitrogen functional groups attached to an aromatic ring is 1. The van der Waals surface area contributed by atoms with E-state index in [9.17, 15) is 4.79 Å². The number of thiophene rings is 1. The monoisotopic (exact) mass is 267 g/mol. The molecule has 0 bridgehead atoms. The Hall–Kier alpha value is -1.03. The predicted octanol–water partition coefficient (Wildman–Crippen LogP) is 3.65. The Morgan fingerprint density at radius 3 is 2.56 bits per heavy atom. The van der Waals surface area contributed by atoms with E-state index in [4.69, 9.17) is 10.5 Å². The van der Waals surface area contributed by atoms with E-state index in [1.54, 1.807) is 0 Å². The van der Waals surface area contributed by atoms with Crippen molar-refractivity contribution in [2.24, 2.45) is 0 Å². The summed E-state index contributed by atoms with van der Waals surface area (Å²) >= 11 is 1.54. The van der Waals surface area contributed by atoms with Crippen molar-refractivity contribution in [3.8, 4) is 0 Å². The van der Waals surface area contributed by atoms with Crippen LogP contribution >= 0.6 is 11.3 Å². The molecule has 1 aliphatic carbocycles. The Morgan fingerprint density at radius 1 is 1.44 bits per heavy atom. The molecule has 100 valence electrons. The van der Waals surface area contributed by atoms with Crippen LogP contribution in [0.2, 0.25) is 0 Å². The second-order valence-corrected chi connectivity index (χ2v) is 6.15. The molecule has 2 rings (SSSR count). The lowest BCUT2D eigenvalue weighted by molar-refractivity contribution is 0.0607. The van der Waals surface area contributed by atoms with Crippen LogP contribution in [0.1, 0.15) is 59.1 Å². The van der Waals surface area contributed by atoms with Crippen LogP contribution in [-0.2, 0) is 10.2 Å². The van der Waals surface area contributed by atoms with Gasteiger partial charge in [-0.05, 0) is 31.7 Å². The third-order valence-electron chi connectivity index (χ3n) is 4.28. The van der Waals surface area contributed by atoms with Gasteiger partial charge in [0.05, 0.1) is 12.8 Å². The van der Waals surface area contributed by atoms with Gasteiger partial charge in [0, 0.05) is 10.3 Å². The van der Waals surface area contributed by atoms with Crippen LogP contribution < -0.4 is 5.73 Å². The van der Waals surface area contributed by atoms with Gasteiger partial charge >= 0.3 is 5.97 Å². The fraction of sp³-hybridized carbons (Fsp3) is 0.643. The average Bonchev–Trinajstić information content (AvgIpc) is 2.97. The van der Waals surface area contributed by atoms with Crippen LogP contribution in [0, 0.1) is 6.92 Å². The summed E-state index contributed by atoms with van der Waals surface area (Å²) in [6.45, 7) is 4.27. The Bertz CT molecular complexity index is 459. The van der Waals surface area contributed by atoms with Gasteiger partial charge in [-0.2, -0.15) is 0 Å². The van der Waals surface area contributed by atoms with Crippen LogP contribution in [0.4, 0.5) is 5.69 Å². The molecule has 0 radical (unpaired) electrons. The molecule has 18 heavy (non-hydrogen) atoms. The lowest BCUT2D eigenvalue weighted by Gasteiger charge is -2.27. The molecule has 1 aliphatic rings. The molecule has 0 aromatic carbocycles. The molecule has 0 aliphatic heterocycles. The number of hydrogen-bond acceptors (Lipinski definition) is 4. The average molecular weight is 267 g/mol. The summed E-state index contributed by atoms with van der Waals surface area (Å²) in [7, 11) is 1.40. The van der Waals surface area contributed by atoms with Gasteiger partial charge in [-0.15, -0.1) is 11.3 Å². The summed E-state index contributed by atoms with van der Waals surface area (Å²) in [4.78, 5) is 13.6. The van der Waals surface area contributed by atoms with Gasteiger partial charge in [-0.3, -0.25) is 0 Å². The van der Waals surface area contributed by atoms with Crippen LogP contribution in [-0.4, -0.2) is 13.1 Å². The Balaban J connectivity index is 2.48. The topological polar surface area (TPSA) is 52.3 Å². The summed E-state index contributed by atoms with van der Waals surface area (Å²) in [6, 6.07) is 0. The highest BCUT2D eigenvalue weighted by molar-refractivity contribution is 7.15. The number of carbonyl (C=O) groups is 1. The van der Waals surface area contributed by atoms with Crippen LogP contribution in [0.3, 0.4) is 0 Å². The highest BCUT2D eigenvalue weighted by atomic mass is 32.1. The van der Waals surface area contributed by atoms with Crippen molar-refractivity contribution in [3.63, 3.8) is 0 Å². The summed E-state index contributed by atoms with van der Waals surface area (Å²) in [5.74, 6) is -0.309. The molecule has 2 N–H and O–H groups in total. The van der Waals surface area contributed by atoms with Gasteiger partial charge < -0.3 is 10.5 Å². The lowest BCUT2D eigenvalue weighted by Crippen LogP contribution is -2.20. The predicted molar refractivity (Wildman–Crippen MR) is 75.2 cm³/mol. The lowest BCUT2D eigenvalue weighted by atomic mass is 9.80. The third kappa shape index (κ3) is 1.92. The molecule has 4 heteroatoms. The number of anilines is 1. The molecule has 1 aromatic rings. The SMILES string of the molecule is CCC1(c2sc(C(=O)OC)c(N)c2C)CCCC1. The van der Waals surface area contributed by atoms with E-state index in [2.05, 4.69) is 6.92 Å². The van der Waals surface area contributed by atoms with Gasteiger partial charge in [-0.25, -0.2) is 4.79 Å². The first-order valence-electron chi connectivity index (χ1n) is 6.53. The number of hydrogen-bond donors (Lipinski definition) is 1. The van der Waals surface area contributed by atoms with Crippen molar-refractivity contribution in [3.05, 3.63) is 15.3 Å². The van der Waals surface area contributed by atoms with E-state index >= 15 is 0 Å². The highest BCUT2D eigenvalue weighted by Gasteiger charge is 2.38. The van der Waals surface area contributed by atoms with Gasteiger partial charge in [0.1, 0.15) is 4.88 Å². The fourth-order valence-corrected chi connectivity index (χ4v) is 4.53. The second kappa shape index (κ2) is 4.92. The first-order valence-corrected chi connectivity index (χ1v) is 7.35. The van der Waals surface area contributed by atoms with Gasteiger partial charge in [0.15, 0.2) is 0 Å². The molecule has 1 fully saturated rings. The van der Waals surface area contributed by atoms with E-state index in [1.165, 1.54) is 49.0 Å². The van der Waals surface area contributed by atoms with Crippen molar-refractivity contribution in [1.82, 2.24) is 0 Å². The van der Waals surface area contributed by atoms with E-state index < -0.39 is 0 Å². The zero-order chi connectivity index (χ0) is 13.3. The molecular weight excluding hydrogens is 246 g/mol. The number of methoxy groups -OCH3 is 1. The normalized spacial score (nSPS) is 17.9. The summed E-state index contributed by atoms with van der Waals surface area (Å²) in [5, 5.41) is 0. The van der Waals surface area contributed by atoms with E-state index in [0.717, 1.165) is 12.0 Å². The van der Waals surface area contributed by atoms with Gasteiger partial charge in [0.2, 0.25) is 0 Å². The van der Waals surface area contributed by atoms with Gasteiger partial charge in [-0.1, -0.05) is 19.8 Å². The van der Waals surface area contributed by atoms with Crippen molar-refractivity contribution in [2.45, 2.75) is 51.4 Å². The minimum atomic E-state index is -0.309. The number of nitrogens with two attached hydrogens (primary N) is 1. The molecule has 0 spiro atoms. The fourth-order valence-electron chi connectivity index (χ4n) is 3.07. The summed E-state index contributed by atoms with van der Waals surface area (Å²) in [6.07, 6.45) is 6.10. The zero-order valence-electron chi connectivity index (χ0n) is 11.3.